The molecule has 0 radical (unpaired) electrons. The summed E-state index contributed by atoms with van der Waals surface area (Å²) in [5.74, 6) is 0.683. The van der Waals surface area contributed by atoms with Crippen molar-refractivity contribution in [1.29, 1.82) is 0 Å². The molecular weight excluding hydrogens is 300 g/mol. The van der Waals surface area contributed by atoms with Gasteiger partial charge in [0.15, 0.2) is 0 Å². The lowest BCUT2D eigenvalue weighted by Gasteiger charge is -2.18. The Bertz CT molecular complexity index is 619. The molecule has 2 aromatic rings. The Hall–Kier alpha value is -1.39. The number of aromatic nitrogens is 2. The van der Waals surface area contributed by atoms with Crippen LogP contribution < -0.4 is 5.32 Å². The van der Waals surface area contributed by atoms with Gasteiger partial charge >= 0.3 is 0 Å². The summed E-state index contributed by atoms with van der Waals surface area (Å²) in [5, 5.41) is 3.62. The first kappa shape index (κ1) is 15.0. The Kier molecular flexibility index (Phi) is 4.16. The molecule has 0 amide bonds. The summed E-state index contributed by atoms with van der Waals surface area (Å²) in [4.78, 5) is 8.58. The second-order valence-electron chi connectivity index (χ2n) is 5.43. The van der Waals surface area contributed by atoms with E-state index >= 15 is 0 Å². The zero-order valence-electron chi connectivity index (χ0n) is 11.3. The van der Waals surface area contributed by atoms with Crippen LogP contribution in [0.3, 0.4) is 0 Å². The van der Waals surface area contributed by atoms with Crippen LogP contribution in [0.1, 0.15) is 26.6 Å². The van der Waals surface area contributed by atoms with E-state index < -0.39 is 5.82 Å². The predicted octanol–water partition coefficient (Wildman–Crippen LogP) is 4.96. The molecular formula is C14H14Cl2FN3. The second-order valence-corrected chi connectivity index (χ2v) is 6.26. The van der Waals surface area contributed by atoms with E-state index in [0.29, 0.717) is 27.5 Å². The zero-order valence-corrected chi connectivity index (χ0v) is 12.8. The second kappa shape index (κ2) is 5.54. The molecule has 3 nitrogen and oxygen atoms in total. The third kappa shape index (κ3) is 3.81. The standard InChI is InChI=1S/C14H14Cl2FN3/c1-14(2,3)13-19-11(16)7-12(20-13)18-10-5-8(15)4-9(17)6-10/h4-7H,1-3H3,(H,18,19,20). The highest BCUT2D eigenvalue weighted by Gasteiger charge is 2.19. The van der Waals surface area contributed by atoms with Crippen molar-refractivity contribution in [2.45, 2.75) is 26.2 Å². The van der Waals surface area contributed by atoms with E-state index in [0.717, 1.165) is 0 Å². The minimum absolute atomic E-state index is 0.235. The fraction of sp³-hybridized carbons (Fsp3) is 0.286. The monoisotopic (exact) mass is 313 g/mol. The third-order valence-corrected chi connectivity index (χ3v) is 2.91. The van der Waals surface area contributed by atoms with Crippen molar-refractivity contribution in [2.75, 3.05) is 5.32 Å². The molecule has 1 aromatic carbocycles. The van der Waals surface area contributed by atoms with Gasteiger partial charge in [-0.05, 0) is 18.2 Å². The summed E-state index contributed by atoms with van der Waals surface area (Å²) in [5.41, 5.74) is 0.269. The highest BCUT2D eigenvalue weighted by Crippen LogP contribution is 2.25. The van der Waals surface area contributed by atoms with Crippen molar-refractivity contribution in [3.05, 3.63) is 46.1 Å². The quantitative estimate of drug-likeness (QED) is 0.796. The minimum atomic E-state index is -0.420. The fourth-order valence-electron chi connectivity index (χ4n) is 1.59. The van der Waals surface area contributed by atoms with Gasteiger partial charge in [0.1, 0.15) is 22.6 Å². The number of nitrogens with zero attached hydrogens (tertiary/aromatic N) is 2. The Morgan fingerprint density at radius 3 is 2.35 bits per heavy atom. The topological polar surface area (TPSA) is 37.8 Å². The molecule has 0 saturated carbocycles. The van der Waals surface area contributed by atoms with Crippen LogP contribution in [0.4, 0.5) is 15.9 Å². The maximum absolute atomic E-state index is 13.3. The molecule has 0 spiro atoms. The summed E-state index contributed by atoms with van der Waals surface area (Å²) >= 11 is 11.8. The van der Waals surface area contributed by atoms with E-state index in [2.05, 4.69) is 15.3 Å². The van der Waals surface area contributed by atoms with Crippen LogP contribution in [0.2, 0.25) is 10.2 Å². The molecule has 1 heterocycles. The predicted molar refractivity (Wildman–Crippen MR) is 80.4 cm³/mol. The van der Waals surface area contributed by atoms with Gasteiger partial charge in [-0.3, -0.25) is 0 Å². The van der Waals surface area contributed by atoms with Crippen molar-refractivity contribution in [3.8, 4) is 0 Å². The Labute approximate surface area is 127 Å². The molecule has 0 saturated heterocycles. The van der Waals surface area contributed by atoms with Crippen molar-refractivity contribution in [1.82, 2.24) is 9.97 Å². The largest absolute Gasteiger partial charge is 0.340 e. The van der Waals surface area contributed by atoms with Gasteiger partial charge in [-0.2, -0.15) is 0 Å². The highest BCUT2D eigenvalue weighted by molar-refractivity contribution is 6.31. The normalized spacial score (nSPS) is 11.5. The number of hydrogen-bond acceptors (Lipinski definition) is 3. The van der Waals surface area contributed by atoms with Crippen LogP contribution >= 0.6 is 23.2 Å². The third-order valence-electron chi connectivity index (χ3n) is 2.50. The molecule has 20 heavy (non-hydrogen) atoms. The first-order valence-electron chi connectivity index (χ1n) is 6.02. The van der Waals surface area contributed by atoms with Crippen LogP contribution in [0, 0.1) is 5.82 Å². The number of hydrogen-bond donors (Lipinski definition) is 1. The van der Waals surface area contributed by atoms with Gasteiger partial charge in [0.25, 0.3) is 0 Å². The van der Waals surface area contributed by atoms with Gasteiger partial charge in [-0.25, -0.2) is 14.4 Å². The molecule has 6 heteroatoms. The number of anilines is 2. The van der Waals surface area contributed by atoms with Crippen LogP contribution in [-0.2, 0) is 5.41 Å². The lowest BCUT2D eigenvalue weighted by Crippen LogP contribution is -2.16. The molecule has 0 aliphatic carbocycles. The summed E-state index contributed by atoms with van der Waals surface area (Å²) in [6, 6.07) is 5.76. The number of rotatable bonds is 2. The summed E-state index contributed by atoms with van der Waals surface area (Å²) in [6.07, 6.45) is 0. The van der Waals surface area contributed by atoms with Gasteiger partial charge in [0.2, 0.25) is 0 Å². The SMILES string of the molecule is CC(C)(C)c1nc(Cl)cc(Nc2cc(F)cc(Cl)c2)n1. The minimum Gasteiger partial charge on any atom is -0.340 e. The Morgan fingerprint density at radius 1 is 1.05 bits per heavy atom. The van der Waals surface area contributed by atoms with E-state index in [4.69, 9.17) is 23.2 Å². The van der Waals surface area contributed by atoms with Gasteiger partial charge in [-0.15, -0.1) is 0 Å². The van der Waals surface area contributed by atoms with Gasteiger partial charge in [0, 0.05) is 22.2 Å². The number of halogens is 3. The van der Waals surface area contributed by atoms with Gasteiger partial charge < -0.3 is 5.32 Å². The maximum Gasteiger partial charge on any atom is 0.137 e. The fourth-order valence-corrected chi connectivity index (χ4v) is 2.00. The summed E-state index contributed by atoms with van der Waals surface area (Å²) in [7, 11) is 0. The van der Waals surface area contributed by atoms with Crippen LogP contribution in [0.15, 0.2) is 24.3 Å². The first-order valence-corrected chi connectivity index (χ1v) is 6.78. The van der Waals surface area contributed by atoms with Crippen molar-refractivity contribution < 1.29 is 4.39 Å². The summed E-state index contributed by atoms with van der Waals surface area (Å²) < 4.78 is 13.3. The van der Waals surface area contributed by atoms with E-state index in [-0.39, 0.29) is 5.41 Å². The van der Waals surface area contributed by atoms with E-state index in [1.807, 2.05) is 20.8 Å². The van der Waals surface area contributed by atoms with E-state index in [1.165, 1.54) is 12.1 Å². The summed E-state index contributed by atoms with van der Waals surface area (Å²) in [6.45, 7) is 5.96. The number of nitrogens with one attached hydrogen (secondary N) is 1. The maximum atomic E-state index is 13.3. The van der Waals surface area contributed by atoms with Crippen LogP contribution in [0.5, 0.6) is 0 Å². The van der Waals surface area contributed by atoms with Crippen molar-refractivity contribution >= 4 is 34.7 Å². The van der Waals surface area contributed by atoms with E-state index in [1.54, 1.807) is 12.1 Å². The smallest absolute Gasteiger partial charge is 0.137 e. The average Bonchev–Trinajstić information content (AvgIpc) is 2.25. The molecule has 1 aromatic heterocycles. The lowest BCUT2D eigenvalue weighted by atomic mass is 9.96. The van der Waals surface area contributed by atoms with Crippen LogP contribution in [0.25, 0.3) is 0 Å². The molecule has 0 atom stereocenters. The molecule has 2 rings (SSSR count). The molecule has 1 N–H and O–H groups in total. The number of benzene rings is 1. The van der Waals surface area contributed by atoms with Crippen LogP contribution in [-0.4, -0.2) is 9.97 Å². The van der Waals surface area contributed by atoms with Crippen molar-refractivity contribution in [3.63, 3.8) is 0 Å². The lowest BCUT2D eigenvalue weighted by molar-refractivity contribution is 0.546. The highest BCUT2D eigenvalue weighted by atomic mass is 35.5. The first-order chi connectivity index (χ1) is 9.24. The molecule has 106 valence electrons. The Morgan fingerprint density at radius 2 is 1.75 bits per heavy atom. The van der Waals surface area contributed by atoms with E-state index in [9.17, 15) is 4.39 Å². The van der Waals surface area contributed by atoms with Gasteiger partial charge in [0.05, 0.1) is 0 Å². The molecule has 0 fully saturated rings. The molecule has 0 bridgehead atoms. The van der Waals surface area contributed by atoms with Crippen molar-refractivity contribution in [2.24, 2.45) is 0 Å². The zero-order chi connectivity index (χ0) is 14.9. The molecule has 0 unspecified atom stereocenters. The average molecular weight is 314 g/mol. The van der Waals surface area contributed by atoms with Gasteiger partial charge in [-0.1, -0.05) is 44.0 Å². The molecule has 0 aliphatic heterocycles. The molecule has 0 aliphatic rings. The Balaban J connectivity index is 2.36.